The molecule has 0 unspecified atom stereocenters. The highest BCUT2D eigenvalue weighted by atomic mass is 79.9. The van der Waals surface area contributed by atoms with Crippen LogP contribution in [0.4, 0.5) is 0 Å². The zero-order valence-electron chi connectivity index (χ0n) is 20.2. The predicted molar refractivity (Wildman–Crippen MR) is 132 cm³/mol. The van der Waals surface area contributed by atoms with E-state index in [0.717, 1.165) is 28.3 Å². The molecule has 2 heterocycles. The molecule has 0 saturated carbocycles. The largest absolute Gasteiger partial charge is 0.466 e. The normalized spacial score (nSPS) is 14.5. The Balaban J connectivity index is 0. The van der Waals surface area contributed by atoms with E-state index in [1.54, 1.807) is 13.8 Å². The van der Waals surface area contributed by atoms with Crippen LogP contribution >= 0.6 is 15.9 Å². The highest BCUT2D eigenvalue weighted by molar-refractivity contribution is 9.15. The first-order valence-corrected chi connectivity index (χ1v) is 11.9. The molecule has 0 aromatic carbocycles. The number of hydrogen-bond donors (Lipinski definition) is 0. The van der Waals surface area contributed by atoms with E-state index in [1.165, 1.54) is 32.1 Å². The molecule has 1 aromatic heterocycles. The molecule has 0 amide bonds. The Hall–Kier alpha value is -1.40. The minimum Gasteiger partial charge on any atom is -0.466 e. The van der Waals surface area contributed by atoms with Crippen LogP contribution in [-0.4, -0.2) is 35.6 Å². The highest BCUT2D eigenvalue weighted by Gasteiger charge is 1.95. The number of unbranched alkanes of at least 4 members (excludes halogenated alkanes) is 1. The number of halogens is 1. The van der Waals surface area contributed by atoms with Gasteiger partial charge < -0.3 is 9.47 Å². The molecule has 0 bridgehead atoms. The lowest BCUT2D eigenvalue weighted by Gasteiger charge is -2.08. The van der Waals surface area contributed by atoms with Gasteiger partial charge in [0.2, 0.25) is 0 Å². The van der Waals surface area contributed by atoms with Gasteiger partial charge in [0.1, 0.15) is 0 Å². The van der Waals surface area contributed by atoms with Crippen molar-refractivity contribution in [2.75, 3.05) is 19.8 Å². The van der Waals surface area contributed by atoms with Crippen LogP contribution in [0.25, 0.3) is 10.6 Å². The van der Waals surface area contributed by atoms with E-state index in [0.29, 0.717) is 13.0 Å². The fourth-order valence-electron chi connectivity index (χ4n) is 2.16. The second kappa shape index (κ2) is 22.3. The molecule has 1 aliphatic heterocycles. The maximum atomic E-state index is 10.2. The summed E-state index contributed by atoms with van der Waals surface area (Å²) >= 11 is 3.51. The Morgan fingerprint density at radius 3 is 2.07 bits per heavy atom. The molecule has 1 aromatic rings. The second-order valence-electron chi connectivity index (χ2n) is 6.54. The number of ether oxygens (including phenoxy) is 2. The smallest absolute Gasteiger partial charge is 0.305 e. The number of carbonyl (C=O) groups excluding carboxylic acids is 1. The van der Waals surface area contributed by atoms with E-state index in [4.69, 9.17) is 4.74 Å². The molecule has 5 nitrogen and oxygen atoms in total. The highest BCUT2D eigenvalue weighted by Crippen LogP contribution is 2.03. The zero-order valence-corrected chi connectivity index (χ0v) is 21.8. The van der Waals surface area contributed by atoms with Gasteiger partial charge in [0.05, 0.1) is 18.2 Å². The average molecular weight is 488 g/mol. The van der Waals surface area contributed by atoms with E-state index < -0.39 is 0 Å². The number of aryl methyl sites for hydroxylation is 1. The Morgan fingerprint density at radius 2 is 1.77 bits per heavy atom. The molecule has 2 rings (SSSR count). The van der Waals surface area contributed by atoms with Crippen molar-refractivity contribution in [3.05, 3.63) is 28.9 Å². The number of rotatable bonds is 4. The van der Waals surface area contributed by atoms with Gasteiger partial charge in [-0.25, -0.2) is 0 Å². The monoisotopic (exact) mass is 486 g/mol. The molecule has 6 heteroatoms. The predicted octanol–water partition coefficient (Wildman–Crippen LogP) is 5.25. The van der Waals surface area contributed by atoms with Crippen molar-refractivity contribution >= 4 is 32.5 Å². The summed E-state index contributed by atoms with van der Waals surface area (Å²) in [4.78, 5) is 10.2. The lowest BCUT2D eigenvalue weighted by molar-refractivity contribution is -0.142. The number of hydrogen-bond acceptors (Lipinski definition) is 4. The van der Waals surface area contributed by atoms with Crippen molar-refractivity contribution < 1.29 is 14.3 Å². The van der Waals surface area contributed by atoms with Gasteiger partial charge in [-0.15, -0.1) is 0 Å². The van der Waals surface area contributed by atoms with E-state index in [1.807, 2.05) is 50.0 Å². The van der Waals surface area contributed by atoms with Crippen LogP contribution in [0.2, 0.25) is 0 Å². The quantitative estimate of drug-likeness (QED) is 0.545. The summed E-state index contributed by atoms with van der Waals surface area (Å²) in [5, 5.41) is 6.45. The molecule has 1 fully saturated rings. The molecule has 0 radical (unpaired) electrons. The first-order valence-electron chi connectivity index (χ1n) is 11.1. The van der Waals surface area contributed by atoms with Crippen LogP contribution in [0.15, 0.2) is 18.3 Å². The van der Waals surface area contributed by atoms with Crippen LogP contribution in [0.5, 0.6) is 0 Å². The van der Waals surface area contributed by atoms with Gasteiger partial charge in [0, 0.05) is 36.4 Å². The van der Waals surface area contributed by atoms with Gasteiger partial charge >= 0.3 is 5.97 Å². The number of esters is 1. The van der Waals surface area contributed by atoms with Gasteiger partial charge in [-0.05, 0) is 40.0 Å². The van der Waals surface area contributed by atoms with Gasteiger partial charge in [-0.1, -0.05) is 67.8 Å². The van der Waals surface area contributed by atoms with Crippen LogP contribution in [-0.2, 0) is 21.3 Å². The van der Waals surface area contributed by atoms with Crippen molar-refractivity contribution in [2.24, 2.45) is 7.05 Å². The van der Waals surface area contributed by atoms with Crippen molar-refractivity contribution in [2.45, 2.75) is 80.1 Å². The molecule has 0 N–H and O–H groups in total. The topological polar surface area (TPSA) is 53.4 Å². The van der Waals surface area contributed by atoms with E-state index in [-0.39, 0.29) is 5.97 Å². The van der Waals surface area contributed by atoms with Crippen LogP contribution in [0, 0.1) is 0 Å². The van der Waals surface area contributed by atoms with Gasteiger partial charge in [-0.3, -0.25) is 9.48 Å². The summed E-state index contributed by atoms with van der Waals surface area (Å²) in [5.41, 5.74) is 0. The van der Waals surface area contributed by atoms with Crippen LogP contribution in [0.1, 0.15) is 80.1 Å². The lowest BCUT2D eigenvalue weighted by Crippen LogP contribution is -2.28. The van der Waals surface area contributed by atoms with Crippen molar-refractivity contribution in [3.63, 3.8) is 0 Å². The fourth-order valence-corrected chi connectivity index (χ4v) is 2.73. The van der Waals surface area contributed by atoms with Crippen molar-refractivity contribution in [1.29, 1.82) is 0 Å². The third kappa shape index (κ3) is 16.4. The molecule has 1 aliphatic rings. The molecular formula is C24H43BrN2O3. The molecule has 174 valence electrons. The van der Waals surface area contributed by atoms with Crippen molar-refractivity contribution in [3.8, 4) is 0 Å². The Kier molecular flexibility index (Phi) is 22.9. The standard InChI is InChI=1S/C10H13BrN2.C5H10O2.C5H10O.C4H10/c1-4-6-9(11)8-7-12-13(3)10(8)5-2;1-3-5(6)7-4-2;1-2-4-6-5-3-1;1-3-4-2/h4-7H,1-3H3;3-4H2,1-2H3;1-5H2;3-4H2,1-2H3/b6-4+,9-8+,10-5+;;;. The molecule has 0 aliphatic carbocycles. The fraction of sp³-hybridized carbons (Fsp3) is 0.667. The summed E-state index contributed by atoms with van der Waals surface area (Å²) in [7, 11) is 1.94. The number of nitrogens with zero attached hydrogens (tertiary/aromatic N) is 2. The summed E-state index contributed by atoms with van der Waals surface area (Å²) in [5.74, 6) is -0.123. The minimum atomic E-state index is -0.123. The summed E-state index contributed by atoms with van der Waals surface area (Å²) in [6, 6.07) is 0. The summed E-state index contributed by atoms with van der Waals surface area (Å²) in [6.07, 6.45) is 15.0. The van der Waals surface area contributed by atoms with Gasteiger partial charge in [0.25, 0.3) is 0 Å². The minimum absolute atomic E-state index is 0.123. The first kappa shape index (κ1) is 30.8. The Bertz CT molecular complexity index is 664. The number of aromatic nitrogens is 2. The van der Waals surface area contributed by atoms with Crippen molar-refractivity contribution in [1.82, 2.24) is 9.78 Å². The Labute approximate surface area is 192 Å². The molecule has 0 atom stereocenters. The second-order valence-corrected chi connectivity index (χ2v) is 7.39. The first-order chi connectivity index (χ1) is 14.4. The molecule has 1 saturated heterocycles. The molecule has 0 spiro atoms. The van der Waals surface area contributed by atoms with Gasteiger partial charge in [-0.2, -0.15) is 5.10 Å². The van der Waals surface area contributed by atoms with Gasteiger partial charge in [0.15, 0.2) is 0 Å². The maximum Gasteiger partial charge on any atom is 0.305 e. The lowest BCUT2D eigenvalue weighted by atomic mass is 10.2. The van der Waals surface area contributed by atoms with E-state index >= 15 is 0 Å². The third-order valence-corrected chi connectivity index (χ3v) is 4.69. The third-order valence-electron chi connectivity index (χ3n) is 4.00. The molecular weight excluding hydrogens is 444 g/mol. The van der Waals surface area contributed by atoms with E-state index in [9.17, 15) is 4.79 Å². The summed E-state index contributed by atoms with van der Waals surface area (Å²) in [6.45, 7) is 14.4. The number of carbonyl (C=O) groups is 1. The van der Waals surface area contributed by atoms with Crippen LogP contribution < -0.4 is 10.6 Å². The zero-order chi connectivity index (χ0) is 23.2. The number of allylic oxidation sites excluding steroid dienone is 2. The Morgan fingerprint density at radius 1 is 1.17 bits per heavy atom. The van der Waals surface area contributed by atoms with Crippen LogP contribution in [0.3, 0.4) is 0 Å². The summed E-state index contributed by atoms with van der Waals surface area (Å²) < 4.78 is 12.5. The molecule has 30 heavy (non-hydrogen) atoms. The maximum absolute atomic E-state index is 10.2. The SMILES string of the molecule is C/C=C/C(Br)=c1/cnn(C)/c1=C/C.C1CCOCC1.CCCC.CCOC(=O)CC. The average Bonchev–Trinajstić information content (AvgIpc) is 3.17. The van der Waals surface area contributed by atoms with E-state index in [2.05, 4.69) is 39.6 Å².